The molecule has 0 atom stereocenters. The predicted molar refractivity (Wildman–Crippen MR) is 233 cm³/mol. The number of nitrogens with two attached hydrogens (primary N) is 2. The van der Waals surface area contributed by atoms with Crippen LogP contribution in [-0.4, -0.2) is 86.5 Å². The molecule has 0 unspecified atom stereocenters. The number of oxazole rings is 2. The van der Waals surface area contributed by atoms with Crippen LogP contribution in [0.25, 0.3) is 44.6 Å². The first kappa shape index (κ1) is 45.0. The maximum absolute atomic E-state index is 12.2. The van der Waals surface area contributed by atoms with Gasteiger partial charge in [-0.2, -0.15) is 0 Å². The Bertz CT molecular complexity index is 2710. The van der Waals surface area contributed by atoms with Crippen molar-refractivity contribution in [2.45, 2.75) is 67.5 Å². The number of aryl methyl sites for hydroxylation is 4. The highest BCUT2D eigenvalue weighted by molar-refractivity contribution is 6.11. The number of aldehydes is 1. The average molecular weight is 836 g/mol. The van der Waals surface area contributed by atoms with Crippen LogP contribution in [0.15, 0.2) is 51.4 Å². The van der Waals surface area contributed by atoms with E-state index in [-0.39, 0.29) is 0 Å². The Morgan fingerprint density at radius 3 is 2.11 bits per heavy atom. The second-order valence-electron chi connectivity index (χ2n) is 13.4. The Kier molecular flexibility index (Phi) is 14.9. The van der Waals surface area contributed by atoms with Crippen LogP contribution in [0, 0.1) is 20.8 Å². The van der Waals surface area contributed by atoms with Gasteiger partial charge in [0.1, 0.15) is 22.7 Å². The van der Waals surface area contributed by atoms with Crippen molar-refractivity contribution in [1.29, 1.82) is 0 Å². The molecule has 0 aliphatic heterocycles. The standard InChI is InChI=1S/C34H38N10O5.C7H9NO2.C2H6/c1-18-29(49-19(2)40-18)32-39-17-23-22-13-20(30(35)45)15-25(47-5)27(22)43(33(23)42-32)10-6-7-11-44-28-24(41-34(44)38-4)14-21(31(36)46)16-26(28)48-12-8-9-37-3;1-3-6-7(4-9)10-5(2)8-6;1-2/h6-7,13-17,37H,8-12H2,1-5H3,(H2,35,45)(H2,36,46)(H,38,41);4H,3H2,1-2H3;1-2H3/b7-6+;;. The number of fused-ring (bicyclic) bond motifs is 4. The third kappa shape index (κ3) is 9.70. The predicted octanol–water partition coefficient (Wildman–Crippen LogP) is 6.08. The highest BCUT2D eigenvalue weighted by atomic mass is 16.5. The molecule has 6 N–H and O–H groups in total. The molecular formula is C43H53N11O7. The fourth-order valence-corrected chi connectivity index (χ4v) is 6.76. The number of benzene rings is 2. The van der Waals surface area contributed by atoms with Gasteiger partial charge in [0, 0.05) is 62.1 Å². The lowest BCUT2D eigenvalue weighted by molar-refractivity contribution is 0.0991. The second kappa shape index (κ2) is 20.3. The molecule has 18 nitrogen and oxygen atoms in total. The summed E-state index contributed by atoms with van der Waals surface area (Å²) in [5.41, 5.74) is 16.0. The number of aromatic nitrogens is 7. The van der Waals surface area contributed by atoms with Gasteiger partial charge in [0.25, 0.3) is 0 Å². The second-order valence-corrected chi connectivity index (χ2v) is 13.4. The van der Waals surface area contributed by atoms with Gasteiger partial charge < -0.3 is 49.5 Å². The molecule has 0 fully saturated rings. The van der Waals surface area contributed by atoms with Gasteiger partial charge in [0.15, 0.2) is 35.4 Å². The molecule has 0 saturated heterocycles. The normalized spacial score (nSPS) is 11.1. The Hall–Kier alpha value is -7.08. The van der Waals surface area contributed by atoms with Crippen LogP contribution in [0.4, 0.5) is 5.95 Å². The number of ether oxygens (including phenoxy) is 2. The van der Waals surface area contributed by atoms with Gasteiger partial charge in [-0.05, 0) is 57.6 Å². The number of rotatable bonds is 16. The fraction of sp³-hybridized carbons (Fsp3) is 0.349. The van der Waals surface area contributed by atoms with Crippen molar-refractivity contribution in [2.24, 2.45) is 11.5 Å². The summed E-state index contributed by atoms with van der Waals surface area (Å²) in [5.74, 6) is 2.73. The lowest BCUT2D eigenvalue weighted by Crippen LogP contribution is -2.13. The lowest BCUT2D eigenvalue weighted by atomic mass is 10.1. The van der Waals surface area contributed by atoms with Crippen LogP contribution in [0.3, 0.4) is 0 Å². The van der Waals surface area contributed by atoms with Gasteiger partial charge in [0.2, 0.25) is 17.8 Å². The van der Waals surface area contributed by atoms with Crippen LogP contribution in [0.5, 0.6) is 11.5 Å². The van der Waals surface area contributed by atoms with Gasteiger partial charge in [0.05, 0.1) is 36.1 Å². The summed E-state index contributed by atoms with van der Waals surface area (Å²) in [6, 6.07) is 6.67. The van der Waals surface area contributed by atoms with E-state index in [0.29, 0.717) is 106 Å². The Labute approximate surface area is 352 Å². The number of carbonyl (C=O) groups is 3. The van der Waals surface area contributed by atoms with Gasteiger partial charge in [-0.3, -0.25) is 14.4 Å². The number of nitrogens with one attached hydrogen (secondary N) is 2. The van der Waals surface area contributed by atoms with E-state index in [4.69, 9.17) is 39.7 Å². The Morgan fingerprint density at radius 2 is 1.52 bits per heavy atom. The smallest absolute Gasteiger partial charge is 0.248 e. The molecule has 0 bridgehead atoms. The molecule has 61 heavy (non-hydrogen) atoms. The van der Waals surface area contributed by atoms with Crippen molar-refractivity contribution in [1.82, 2.24) is 39.4 Å². The van der Waals surface area contributed by atoms with Gasteiger partial charge in [-0.1, -0.05) is 32.9 Å². The highest BCUT2D eigenvalue weighted by Gasteiger charge is 2.22. The van der Waals surface area contributed by atoms with Crippen LogP contribution in [0.1, 0.15) is 81.6 Å². The molecule has 0 radical (unpaired) electrons. The monoisotopic (exact) mass is 835 g/mol. The summed E-state index contributed by atoms with van der Waals surface area (Å²) in [6.45, 7) is 13.3. The van der Waals surface area contributed by atoms with Crippen molar-refractivity contribution < 1.29 is 32.7 Å². The zero-order valence-electron chi connectivity index (χ0n) is 36.0. The van der Waals surface area contributed by atoms with E-state index in [1.54, 1.807) is 58.5 Å². The lowest BCUT2D eigenvalue weighted by Gasteiger charge is -2.12. The molecule has 0 aliphatic rings. The molecule has 0 aliphatic carbocycles. The molecule has 2 amide bonds. The van der Waals surface area contributed by atoms with Crippen LogP contribution >= 0.6 is 0 Å². The number of carbonyl (C=O) groups excluding carboxylic acids is 3. The first-order valence-electron chi connectivity index (χ1n) is 19.9. The molecule has 322 valence electrons. The number of anilines is 1. The molecule has 7 rings (SSSR count). The zero-order valence-corrected chi connectivity index (χ0v) is 36.0. The highest BCUT2D eigenvalue weighted by Crippen LogP contribution is 2.37. The number of allylic oxidation sites excluding steroid dienone is 2. The van der Waals surface area contributed by atoms with Crippen LogP contribution in [0.2, 0.25) is 0 Å². The van der Waals surface area contributed by atoms with Crippen molar-refractivity contribution in [3.8, 4) is 23.1 Å². The Morgan fingerprint density at radius 1 is 0.852 bits per heavy atom. The average Bonchev–Trinajstić information content (AvgIpc) is 4.01. The maximum Gasteiger partial charge on any atom is 0.248 e. The summed E-state index contributed by atoms with van der Waals surface area (Å²) < 4.78 is 26.7. The summed E-state index contributed by atoms with van der Waals surface area (Å²) in [4.78, 5) is 57.2. The molecule has 5 heterocycles. The summed E-state index contributed by atoms with van der Waals surface area (Å²) in [6.07, 6.45) is 7.92. The number of amides is 2. The van der Waals surface area contributed by atoms with E-state index in [0.717, 1.165) is 41.5 Å². The van der Waals surface area contributed by atoms with E-state index in [9.17, 15) is 14.4 Å². The molecule has 2 aromatic carbocycles. The number of methoxy groups -OCH3 is 1. The largest absolute Gasteiger partial charge is 0.495 e. The van der Waals surface area contributed by atoms with E-state index in [1.165, 1.54) is 0 Å². The number of hydrogen-bond acceptors (Lipinski definition) is 14. The minimum absolute atomic E-state index is 0.305. The van der Waals surface area contributed by atoms with E-state index in [1.807, 2.05) is 56.0 Å². The minimum Gasteiger partial charge on any atom is -0.495 e. The maximum atomic E-state index is 12.2. The SMILES string of the molecule is CC.CCc1nc(C)oc1C=O.CNCCCOc1cc(C(N)=O)cc2nc(NC)n(C/C=C/Cn3c4nc(-c5oc(C)nc5C)ncc4c4cc(C(N)=O)cc(OC)c43)c12. The third-order valence-electron chi connectivity index (χ3n) is 9.43. The van der Waals surface area contributed by atoms with Crippen molar-refractivity contribution in [3.05, 3.63) is 82.7 Å². The molecular weight excluding hydrogens is 783 g/mol. The van der Waals surface area contributed by atoms with Gasteiger partial charge >= 0.3 is 0 Å². The molecule has 5 aromatic heterocycles. The first-order chi connectivity index (χ1) is 29.4. The van der Waals surface area contributed by atoms with E-state index in [2.05, 4.69) is 25.6 Å². The summed E-state index contributed by atoms with van der Waals surface area (Å²) >= 11 is 0. The molecule has 18 heteroatoms. The van der Waals surface area contributed by atoms with Crippen molar-refractivity contribution >= 4 is 57.0 Å². The van der Waals surface area contributed by atoms with Crippen molar-refractivity contribution in [2.75, 3.05) is 39.7 Å². The number of imidazole rings is 1. The molecule has 0 spiro atoms. The Balaban J connectivity index is 0.000000511. The number of primary amides is 2. The minimum atomic E-state index is -0.576. The molecule has 7 aromatic rings. The van der Waals surface area contributed by atoms with E-state index < -0.39 is 11.8 Å². The van der Waals surface area contributed by atoms with Crippen LogP contribution < -0.4 is 31.6 Å². The fourth-order valence-electron chi connectivity index (χ4n) is 6.76. The first-order valence-corrected chi connectivity index (χ1v) is 19.9. The van der Waals surface area contributed by atoms with Crippen LogP contribution in [-0.2, 0) is 19.5 Å². The molecule has 0 saturated carbocycles. The summed E-state index contributed by atoms with van der Waals surface area (Å²) in [5, 5.41) is 7.68. The van der Waals surface area contributed by atoms with Gasteiger partial charge in [-0.15, -0.1) is 0 Å². The number of nitrogens with zero attached hydrogens (tertiary/aromatic N) is 7. The summed E-state index contributed by atoms with van der Waals surface area (Å²) in [7, 11) is 5.20. The van der Waals surface area contributed by atoms with Crippen molar-refractivity contribution in [3.63, 3.8) is 0 Å². The zero-order chi connectivity index (χ0) is 44.4. The topological polar surface area (TPSA) is 246 Å². The number of hydrogen-bond donors (Lipinski definition) is 4. The third-order valence-corrected chi connectivity index (χ3v) is 9.43. The van der Waals surface area contributed by atoms with E-state index >= 15 is 0 Å². The quantitative estimate of drug-likeness (QED) is 0.0490. The van der Waals surface area contributed by atoms with Gasteiger partial charge in [-0.25, -0.2) is 24.9 Å².